The van der Waals surface area contributed by atoms with E-state index in [1.54, 1.807) is 31.2 Å². The van der Waals surface area contributed by atoms with Crippen molar-refractivity contribution >= 4 is 45.9 Å². The van der Waals surface area contributed by atoms with Crippen LogP contribution in [0.4, 0.5) is 18.9 Å². The van der Waals surface area contributed by atoms with Gasteiger partial charge in [-0.05, 0) is 37.3 Å². The molecule has 5 nitrogen and oxygen atoms in total. The van der Waals surface area contributed by atoms with Crippen molar-refractivity contribution in [2.75, 3.05) is 11.1 Å². The fourth-order valence-corrected chi connectivity index (χ4v) is 3.68. The zero-order valence-electron chi connectivity index (χ0n) is 15.1. The van der Waals surface area contributed by atoms with E-state index in [1.165, 1.54) is 4.57 Å². The molecule has 1 N–H and O–H groups in total. The van der Waals surface area contributed by atoms with Crippen LogP contribution in [0.3, 0.4) is 0 Å². The molecule has 3 rings (SSSR count). The molecule has 0 atom stereocenters. The molecule has 0 unspecified atom stereocenters. The number of hydrogen-bond acceptors (Lipinski definition) is 4. The van der Waals surface area contributed by atoms with Crippen LogP contribution in [0.5, 0.6) is 0 Å². The number of fused-ring (bicyclic) bond motifs is 1. The van der Waals surface area contributed by atoms with E-state index in [0.717, 1.165) is 30.0 Å². The van der Waals surface area contributed by atoms with Gasteiger partial charge in [0.2, 0.25) is 5.91 Å². The predicted molar refractivity (Wildman–Crippen MR) is 107 cm³/mol. The first-order valence-corrected chi connectivity index (χ1v) is 9.86. The van der Waals surface area contributed by atoms with E-state index in [4.69, 9.17) is 11.6 Å². The molecule has 0 aliphatic carbocycles. The van der Waals surface area contributed by atoms with Crippen molar-refractivity contribution < 1.29 is 18.0 Å². The third-order valence-electron chi connectivity index (χ3n) is 4.04. The molecule has 0 aliphatic rings. The SMILES string of the molecule is CCn1c(SCC(=O)Nc2cc(C(F)(F)F)ccc2Cl)nc2ccccc2c1=O. The van der Waals surface area contributed by atoms with Crippen LogP contribution in [0, 0.1) is 0 Å². The van der Waals surface area contributed by atoms with Crippen molar-refractivity contribution in [1.29, 1.82) is 0 Å². The number of rotatable bonds is 5. The molecule has 1 aromatic heterocycles. The van der Waals surface area contributed by atoms with Crippen LogP contribution in [0.25, 0.3) is 10.9 Å². The number of carbonyl (C=O) groups is 1. The highest BCUT2D eigenvalue weighted by molar-refractivity contribution is 7.99. The average Bonchev–Trinajstić information content (AvgIpc) is 2.67. The van der Waals surface area contributed by atoms with Crippen LogP contribution in [-0.2, 0) is 17.5 Å². The van der Waals surface area contributed by atoms with Gasteiger partial charge < -0.3 is 5.32 Å². The highest BCUT2D eigenvalue weighted by Crippen LogP contribution is 2.34. The molecule has 0 fully saturated rings. The maximum Gasteiger partial charge on any atom is 0.416 e. The van der Waals surface area contributed by atoms with Gasteiger partial charge in [-0.25, -0.2) is 4.98 Å². The largest absolute Gasteiger partial charge is 0.416 e. The number of halogens is 4. The molecule has 152 valence electrons. The van der Waals surface area contributed by atoms with Gasteiger partial charge in [-0.2, -0.15) is 13.2 Å². The van der Waals surface area contributed by atoms with Crippen LogP contribution in [0.2, 0.25) is 5.02 Å². The van der Waals surface area contributed by atoms with E-state index in [1.807, 2.05) is 0 Å². The van der Waals surface area contributed by atoms with Crippen molar-refractivity contribution in [3.05, 3.63) is 63.4 Å². The molecular weight excluding hydrogens is 427 g/mol. The Labute approximate surface area is 172 Å². The minimum atomic E-state index is -4.55. The van der Waals surface area contributed by atoms with Crippen molar-refractivity contribution in [2.24, 2.45) is 0 Å². The number of amides is 1. The fraction of sp³-hybridized carbons (Fsp3) is 0.211. The van der Waals surface area contributed by atoms with Gasteiger partial charge in [-0.1, -0.05) is 35.5 Å². The second-order valence-electron chi connectivity index (χ2n) is 5.99. The molecule has 0 spiro atoms. The summed E-state index contributed by atoms with van der Waals surface area (Å²) in [5.41, 5.74) is -0.764. The first-order chi connectivity index (χ1) is 13.7. The Morgan fingerprint density at radius 3 is 2.66 bits per heavy atom. The highest BCUT2D eigenvalue weighted by Gasteiger charge is 2.31. The molecule has 10 heteroatoms. The molecule has 2 aromatic carbocycles. The molecule has 0 radical (unpaired) electrons. The Morgan fingerprint density at radius 1 is 1.24 bits per heavy atom. The maximum atomic E-state index is 12.9. The van der Waals surface area contributed by atoms with E-state index in [2.05, 4.69) is 10.3 Å². The second kappa shape index (κ2) is 8.46. The fourth-order valence-electron chi connectivity index (χ4n) is 2.65. The molecule has 0 aliphatic heterocycles. The lowest BCUT2D eigenvalue weighted by atomic mass is 10.2. The van der Waals surface area contributed by atoms with E-state index in [9.17, 15) is 22.8 Å². The molecule has 3 aromatic rings. The molecule has 1 amide bonds. The standard InChI is InChI=1S/C19H15ClF3N3O2S/c1-2-26-17(28)12-5-3-4-6-14(12)25-18(26)29-10-16(27)24-15-9-11(19(21,22)23)7-8-13(15)20/h3-9H,2,10H2,1H3,(H,24,27). The smallest absolute Gasteiger partial charge is 0.324 e. The van der Waals surface area contributed by atoms with Gasteiger partial charge in [-0.15, -0.1) is 0 Å². The summed E-state index contributed by atoms with van der Waals surface area (Å²) < 4.78 is 40.0. The highest BCUT2D eigenvalue weighted by atomic mass is 35.5. The van der Waals surface area contributed by atoms with E-state index >= 15 is 0 Å². The molecule has 0 saturated carbocycles. The number of alkyl halides is 3. The lowest BCUT2D eigenvalue weighted by Crippen LogP contribution is -2.23. The normalized spacial score (nSPS) is 11.6. The molecular formula is C19H15ClF3N3O2S. The molecule has 29 heavy (non-hydrogen) atoms. The number of hydrogen-bond donors (Lipinski definition) is 1. The van der Waals surface area contributed by atoms with Crippen molar-refractivity contribution in [3.8, 4) is 0 Å². The number of benzene rings is 2. The molecule has 1 heterocycles. The third-order valence-corrected chi connectivity index (χ3v) is 5.35. The number of carbonyl (C=O) groups excluding carboxylic acids is 1. The number of thioether (sulfide) groups is 1. The Balaban J connectivity index is 1.79. The summed E-state index contributed by atoms with van der Waals surface area (Å²) in [5, 5.41) is 3.19. The number of aromatic nitrogens is 2. The van der Waals surface area contributed by atoms with Gasteiger partial charge >= 0.3 is 6.18 Å². The average molecular weight is 442 g/mol. The van der Waals surface area contributed by atoms with Crippen molar-refractivity contribution in [1.82, 2.24) is 9.55 Å². The summed E-state index contributed by atoms with van der Waals surface area (Å²) in [5.74, 6) is -0.724. The summed E-state index contributed by atoms with van der Waals surface area (Å²) in [7, 11) is 0. The Morgan fingerprint density at radius 2 is 1.97 bits per heavy atom. The third kappa shape index (κ3) is 4.73. The minimum Gasteiger partial charge on any atom is -0.324 e. The van der Waals surface area contributed by atoms with Crippen LogP contribution >= 0.6 is 23.4 Å². The Kier molecular flexibility index (Phi) is 6.18. The van der Waals surface area contributed by atoms with Gasteiger partial charge in [0.25, 0.3) is 5.56 Å². The topological polar surface area (TPSA) is 64.0 Å². The van der Waals surface area contributed by atoms with Crippen LogP contribution in [-0.4, -0.2) is 21.2 Å². The first-order valence-electron chi connectivity index (χ1n) is 8.49. The summed E-state index contributed by atoms with van der Waals surface area (Å²) in [4.78, 5) is 29.3. The number of para-hydroxylation sites is 1. The van der Waals surface area contributed by atoms with Crippen LogP contribution in [0.15, 0.2) is 52.4 Å². The Hall–Kier alpha value is -2.52. The Bertz CT molecular complexity index is 1130. The lowest BCUT2D eigenvalue weighted by molar-refractivity contribution is -0.137. The van der Waals surface area contributed by atoms with Crippen molar-refractivity contribution in [3.63, 3.8) is 0 Å². The van der Waals surface area contributed by atoms with Crippen LogP contribution in [0.1, 0.15) is 12.5 Å². The molecule has 0 bridgehead atoms. The summed E-state index contributed by atoms with van der Waals surface area (Å²) in [6, 6.07) is 9.56. The zero-order chi connectivity index (χ0) is 21.2. The first kappa shape index (κ1) is 21.2. The van der Waals surface area contributed by atoms with Crippen LogP contribution < -0.4 is 10.9 Å². The quantitative estimate of drug-likeness (QED) is 0.455. The van der Waals surface area contributed by atoms with Gasteiger partial charge in [0, 0.05) is 6.54 Å². The maximum absolute atomic E-state index is 12.9. The number of nitrogens with zero attached hydrogens (tertiary/aromatic N) is 2. The summed E-state index contributed by atoms with van der Waals surface area (Å²) in [6.07, 6.45) is -4.55. The van der Waals surface area contributed by atoms with Gasteiger partial charge in [-0.3, -0.25) is 14.2 Å². The minimum absolute atomic E-state index is 0.00866. The van der Waals surface area contributed by atoms with Gasteiger partial charge in [0.05, 0.1) is 32.9 Å². The lowest BCUT2D eigenvalue weighted by Gasteiger charge is -2.13. The second-order valence-corrected chi connectivity index (χ2v) is 7.34. The van der Waals surface area contributed by atoms with Crippen molar-refractivity contribution in [2.45, 2.75) is 24.8 Å². The van der Waals surface area contributed by atoms with E-state index in [-0.39, 0.29) is 22.0 Å². The van der Waals surface area contributed by atoms with E-state index < -0.39 is 17.6 Å². The monoisotopic (exact) mass is 441 g/mol. The summed E-state index contributed by atoms with van der Waals surface area (Å²) in [6.45, 7) is 2.14. The number of anilines is 1. The van der Waals surface area contributed by atoms with Gasteiger partial charge in [0.1, 0.15) is 0 Å². The zero-order valence-corrected chi connectivity index (χ0v) is 16.7. The van der Waals surface area contributed by atoms with Gasteiger partial charge in [0.15, 0.2) is 5.16 Å². The van der Waals surface area contributed by atoms with E-state index in [0.29, 0.717) is 22.6 Å². The number of nitrogens with one attached hydrogen (secondary N) is 1. The molecule has 0 saturated heterocycles. The predicted octanol–water partition coefficient (Wildman–Crippen LogP) is 4.82. The summed E-state index contributed by atoms with van der Waals surface area (Å²) >= 11 is 6.91.